The van der Waals surface area contributed by atoms with Gasteiger partial charge in [-0.15, -0.1) is 0 Å². The molecule has 0 aliphatic carbocycles. The number of nitrogens with zero attached hydrogens (tertiary/aromatic N) is 1. The van der Waals surface area contributed by atoms with Crippen molar-refractivity contribution in [2.75, 3.05) is 20.0 Å². The third-order valence-electron chi connectivity index (χ3n) is 3.29. The van der Waals surface area contributed by atoms with Gasteiger partial charge >= 0.3 is 0 Å². The van der Waals surface area contributed by atoms with Gasteiger partial charge in [0, 0.05) is 17.5 Å². The van der Waals surface area contributed by atoms with Gasteiger partial charge in [-0.3, -0.25) is 0 Å². The van der Waals surface area contributed by atoms with E-state index in [2.05, 4.69) is 0 Å². The Morgan fingerprint density at radius 2 is 1.79 bits per heavy atom. The highest BCUT2D eigenvalue weighted by Gasteiger charge is 2.14. The van der Waals surface area contributed by atoms with E-state index in [1.54, 1.807) is 14.2 Å². The Hall–Kier alpha value is -2.49. The zero-order valence-corrected chi connectivity index (χ0v) is 10.9. The number of nitrogen functional groups attached to an aromatic ring is 1. The largest absolute Gasteiger partial charge is 0.493 e. The first-order chi connectivity index (χ1) is 9.24. The first-order valence-corrected chi connectivity index (χ1v) is 5.99. The zero-order chi connectivity index (χ0) is 13.4. The molecule has 0 unspecified atom stereocenters. The van der Waals surface area contributed by atoms with Crippen molar-refractivity contribution >= 4 is 22.0 Å². The summed E-state index contributed by atoms with van der Waals surface area (Å²) in [6.07, 6.45) is 4.00. The Labute approximate surface area is 111 Å². The number of rotatable bonds is 2. The van der Waals surface area contributed by atoms with Crippen molar-refractivity contribution in [3.05, 3.63) is 42.7 Å². The predicted octanol–water partition coefficient (Wildman–Crippen LogP) is 2.18. The van der Waals surface area contributed by atoms with Crippen LogP contribution in [0.2, 0.25) is 0 Å². The maximum atomic E-state index is 6.25. The first kappa shape index (κ1) is 11.6. The number of nitrogens with two attached hydrogens (primary N) is 1. The van der Waals surface area contributed by atoms with Crippen LogP contribution in [0.3, 0.4) is 0 Å². The molecule has 0 radical (unpaired) electrons. The minimum atomic E-state index is 0.682. The number of benzene rings is 1. The van der Waals surface area contributed by atoms with Crippen LogP contribution in [0.15, 0.2) is 42.7 Å². The summed E-state index contributed by atoms with van der Waals surface area (Å²) in [6, 6.07) is 9.78. The second-order valence-electron chi connectivity index (χ2n) is 4.33. The normalized spacial score (nSPS) is 10.8. The van der Waals surface area contributed by atoms with E-state index in [0.717, 1.165) is 22.0 Å². The molecule has 4 heteroatoms. The van der Waals surface area contributed by atoms with E-state index in [1.807, 2.05) is 47.1 Å². The van der Waals surface area contributed by atoms with E-state index in [9.17, 15) is 0 Å². The molecule has 0 saturated heterocycles. The molecule has 0 saturated carbocycles. The molecule has 0 bridgehead atoms. The van der Waals surface area contributed by atoms with E-state index in [-0.39, 0.29) is 0 Å². The first-order valence-electron chi connectivity index (χ1n) is 5.99. The van der Waals surface area contributed by atoms with Crippen molar-refractivity contribution in [2.24, 2.45) is 0 Å². The topological polar surface area (TPSA) is 48.6 Å². The van der Waals surface area contributed by atoms with E-state index >= 15 is 0 Å². The molecule has 4 nitrogen and oxygen atoms in total. The third kappa shape index (κ3) is 1.73. The number of pyridine rings is 2. The van der Waals surface area contributed by atoms with Crippen molar-refractivity contribution in [1.29, 1.82) is 0 Å². The number of hydrogen-bond acceptors (Lipinski definition) is 3. The smallest absolute Gasteiger partial charge is 0.234 e. The molecule has 1 aromatic carbocycles. The fourth-order valence-electron chi connectivity index (χ4n) is 2.32. The minimum Gasteiger partial charge on any atom is -0.493 e. The molecule has 0 atom stereocenters. The van der Waals surface area contributed by atoms with Crippen LogP contribution < -0.4 is 19.6 Å². The number of ether oxygens (including phenoxy) is 2. The average Bonchev–Trinajstić information content (AvgIpc) is 2.46. The molecule has 0 amide bonds. The summed E-state index contributed by atoms with van der Waals surface area (Å²) >= 11 is 0. The molecule has 2 aromatic heterocycles. The van der Waals surface area contributed by atoms with Crippen LogP contribution in [0, 0.1) is 0 Å². The molecular formula is C15H15N2O2+. The molecule has 3 aromatic rings. The lowest BCUT2D eigenvalue weighted by molar-refractivity contribution is -0.509. The van der Waals surface area contributed by atoms with E-state index in [1.165, 1.54) is 0 Å². The molecule has 96 valence electrons. The fourth-order valence-corrected chi connectivity index (χ4v) is 2.32. The van der Waals surface area contributed by atoms with Gasteiger partial charge < -0.3 is 15.2 Å². The quantitative estimate of drug-likeness (QED) is 0.564. The van der Waals surface area contributed by atoms with Crippen molar-refractivity contribution in [2.45, 2.75) is 0 Å². The average molecular weight is 255 g/mol. The second kappa shape index (κ2) is 4.31. The molecule has 2 heterocycles. The lowest BCUT2D eigenvalue weighted by Gasteiger charge is -2.09. The third-order valence-corrected chi connectivity index (χ3v) is 3.29. The Balaban J connectivity index is 2.44. The highest BCUT2D eigenvalue weighted by atomic mass is 16.5. The Morgan fingerprint density at radius 3 is 2.53 bits per heavy atom. The van der Waals surface area contributed by atoms with Crippen LogP contribution in [-0.2, 0) is 0 Å². The summed E-state index contributed by atoms with van der Waals surface area (Å²) in [5.41, 5.74) is 7.96. The van der Waals surface area contributed by atoms with Crippen molar-refractivity contribution in [1.82, 2.24) is 0 Å². The maximum Gasteiger partial charge on any atom is 0.234 e. The highest BCUT2D eigenvalue weighted by molar-refractivity contribution is 5.99. The summed E-state index contributed by atoms with van der Waals surface area (Å²) < 4.78 is 12.6. The summed E-state index contributed by atoms with van der Waals surface area (Å²) in [5, 5.41) is 1.97. The minimum absolute atomic E-state index is 0.682. The zero-order valence-electron chi connectivity index (χ0n) is 10.9. The molecule has 3 rings (SSSR count). The van der Waals surface area contributed by atoms with Gasteiger partial charge in [0.25, 0.3) is 0 Å². The van der Waals surface area contributed by atoms with E-state index < -0.39 is 0 Å². The van der Waals surface area contributed by atoms with Gasteiger partial charge in [-0.2, -0.15) is 4.40 Å². The van der Waals surface area contributed by atoms with Gasteiger partial charge in [0.05, 0.1) is 19.6 Å². The second-order valence-corrected chi connectivity index (χ2v) is 4.33. The van der Waals surface area contributed by atoms with Gasteiger partial charge in [0.15, 0.2) is 23.9 Å². The van der Waals surface area contributed by atoms with E-state index in [0.29, 0.717) is 11.5 Å². The standard InChI is InChI=1S/C15H15N2O2/c1-18-13-7-10-9-17-6-4-3-5-12(17)15(16)11(10)8-14(13)19-2/h3-9H,16H2,1-2H3/q+1. The Bertz CT molecular complexity index is 769. The molecule has 2 N–H and O–H groups in total. The van der Waals surface area contributed by atoms with Gasteiger partial charge in [-0.25, -0.2) is 0 Å². The maximum absolute atomic E-state index is 6.25. The van der Waals surface area contributed by atoms with Gasteiger partial charge in [0.2, 0.25) is 5.52 Å². The predicted molar refractivity (Wildman–Crippen MR) is 74.6 cm³/mol. The van der Waals surface area contributed by atoms with Crippen LogP contribution >= 0.6 is 0 Å². The van der Waals surface area contributed by atoms with Crippen LogP contribution in [0.5, 0.6) is 11.5 Å². The van der Waals surface area contributed by atoms with Gasteiger partial charge in [-0.1, -0.05) is 0 Å². The lowest BCUT2D eigenvalue weighted by atomic mass is 10.1. The monoisotopic (exact) mass is 255 g/mol. The van der Waals surface area contributed by atoms with Gasteiger partial charge in [0.1, 0.15) is 5.69 Å². The van der Waals surface area contributed by atoms with Crippen molar-refractivity contribution < 1.29 is 13.9 Å². The van der Waals surface area contributed by atoms with Crippen LogP contribution in [0.4, 0.5) is 5.69 Å². The summed E-state index contributed by atoms with van der Waals surface area (Å²) in [6.45, 7) is 0. The summed E-state index contributed by atoms with van der Waals surface area (Å²) in [4.78, 5) is 0. The molecule has 0 spiro atoms. The van der Waals surface area contributed by atoms with Crippen molar-refractivity contribution in [3.63, 3.8) is 0 Å². The molecule has 0 fully saturated rings. The SMILES string of the molecule is COc1cc2c[n+]3ccccc3c(N)c2cc1OC. The fraction of sp³-hybridized carbons (Fsp3) is 0.133. The number of methoxy groups -OCH3 is 2. The van der Waals surface area contributed by atoms with Crippen molar-refractivity contribution in [3.8, 4) is 11.5 Å². The van der Waals surface area contributed by atoms with Crippen LogP contribution in [0.25, 0.3) is 16.3 Å². The summed E-state index contributed by atoms with van der Waals surface area (Å²) in [5.74, 6) is 1.38. The number of fused-ring (bicyclic) bond motifs is 2. The van der Waals surface area contributed by atoms with E-state index in [4.69, 9.17) is 15.2 Å². The Kier molecular flexibility index (Phi) is 2.63. The molecule has 19 heavy (non-hydrogen) atoms. The Morgan fingerprint density at radius 1 is 1.05 bits per heavy atom. The van der Waals surface area contributed by atoms with Gasteiger partial charge in [-0.05, 0) is 18.2 Å². The number of anilines is 1. The molecule has 0 aliphatic rings. The van der Waals surface area contributed by atoms with Crippen LogP contribution in [0.1, 0.15) is 0 Å². The summed E-state index contributed by atoms with van der Waals surface area (Å²) in [7, 11) is 3.25. The number of aromatic nitrogens is 1. The lowest BCUT2D eigenvalue weighted by Crippen LogP contribution is -2.21. The highest BCUT2D eigenvalue weighted by Crippen LogP contribution is 2.34. The molecular weight excluding hydrogens is 240 g/mol. The number of hydrogen-bond donors (Lipinski definition) is 1. The van der Waals surface area contributed by atoms with Crippen LogP contribution in [-0.4, -0.2) is 14.2 Å². The molecule has 0 aliphatic heterocycles.